The van der Waals surface area contributed by atoms with Crippen molar-refractivity contribution < 1.29 is 22.7 Å². The molecule has 0 aliphatic carbocycles. The lowest BCUT2D eigenvalue weighted by Gasteiger charge is -2.09. The Labute approximate surface area is 152 Å². The van der Waals surface area contributed by atoms with Crippen LogP contribution in [0.15, 0.2) is 67.0 Å². The van der Waals surface area contributed by atoms with Gasteiger partial charge in [0, 0.05) is 11.8 Å². The summed E-state index contributed by atoms with van der Waals surface area (Å²) in [5.74, 6) is -0.367. The maximum Gasteiger partial charge on any atom is 0.416 e. The fraction of sp³-hybridized carbons (Fsp3) is 0.105. The molecule has 27 heavy (non-hydrogen) atoms. The van der Waals surface area contributed by atoms with E-state index >= 15 is 0 Å². The van der Waals surface area contributed by atoms with Crippen LogP contribution in [0.4, 0.5) is 18.9 Å². The molecule has 3 aromatic rings. The minimum absolute atomic E-state index is 0.0351. The van der Waals surface area contributed by atoms with Crippen LogP contribution in [0.3, 0.4) is 0 Å². The zero-order valence-electron chi connectivity index (χ0n) is 13.9. The van der Waals surface area contributed by atoms with Gasteiger partial charge in [-0.2, -0.15) is 13.2 Å². The molecule has 0 saturated heterocycles. The smallest absolute Gasteiger partial charge is 0.416 e. The number of amides is 1. The molecule has 0 saturated carbocycles. The van der Waals surface area contributed by atoms with Crippen molar-refractivity contribution in [3.05, 3.63) is 83.8 Å². The summed E-state index contributed by atoms with van der Waals surface area (Å²) >= 11 is 0. The predicted octanol–water partition coefficient (Wildman–Crippen LogP) is 4.33. The van der Waals surface area contributed by atoms with Gasteiger partial charge in [-0.05, 0) is 29.8 Å². The Balaban J connectivity index is 1.64. The number of alkyl halides is 3. The van der Waals surface area contributed by atoms with Crippen LogP contribution in [-0.4, -0.2) is 15.9 Å². The van der Waals surface area contributed by atoms with Crippen LogP contribution in [0.25, 0.3) is 0 Å². The minimum Gasteiger partial charge on any atom is -0.473 e. The summed E-state index contributed by atoms with van der Waals surface area (Å²) < 4.78 is 43.2. The van der Waals surface area contributed by atoms with Crippen LogP contribution in [-0.2, 0) is 12.8 Å². The first kappa shape index (κ1) is 18.4. The maximum atomic E-state index is 12.6. The molecule has 8 heteroatoms. The highest BCUT2D eigenvalue weighted by Crippen LogP contribution is 2.29. The molecule has 0 bridgehead atoms. The van der Waals surface area contributed by atoms with E-state index < -0.39 is 17.6 Å². The lowest BCUT2D eigenvalue weighted by Crippen LogP contribution is -2.14. The normalized spacial score (nSPS) is 11.1. The number of carbonyl (C=O) groups is 1. The van der Waals surface area contributed by atoms with Gasteiger partial charge in [0.2, 0.25) is 5.88 Å². The van der Waals surface area contributed by atoms with Gasteiger partial charge in [0.1, 0.15) is 18.6 Å². The fourth-order valence-electron chi connectivity index (χ4n) is 2.21. The molecule has 0 atom stereocenters. The van der Waals surface area contributed by atoms with Crippen LogP contribution >= 0.6 is 0 Å². The number of aromatic nitrogens is 2. The van der Waals surface area contributed by atoms with Crippen molar-refractivity contribution in [3.8, 4) is 5.88 Å². The average molecular weight is 373 g/mol. The highest BCUT2D eigenvalue weighted by Gasteiger charge is 2.30. The third kappa shape index (κ3) is 5.04. The van der Waals surface area contributed by atoms with E-state index in [2.05, 4.69) is 15.3 Å². The Morgan fingerprint density at radius 3 is 2.37 bits per heavy atom. The number of hydrogen-bond acceptors (Lipinski definition) is 4. The molecule has 0 aliphatic heterocycles. The molecule has 5 nitrogen and oxygen atoms in total. The Morgan fingerprint density at radius 2 is 1.70 bits per heavy atom. The molecule has 1 heterocycles. The van der Waals surface area contributed by atoms with Crippen molar-refractivity contribution in [2.75, 3.05) is 5.32 Å². The second kappa shape index (κ2) is 7.86. The number of benzene rings is 2. The minimum atomic E-state index is -4.43. The molecule has 0 fully saturated rings. The SMILES string of the molecule is O=C(Nc1ccc(C(F)(F)F)cc1)c1cc(OCc2ccccc2)ncn1. The molecule has 1 amide bonds. The number of rotatable bonds is 5. The molecule has 3 rings (SSSR count). The largest absolute Gasteiger partial charge is 0.473 e. The molecule has 2 aromatic carbocycles. The summed E-state index contributed by atoms with van der Waals surface area (Å²) in [6.07, 6.45) is -3.25. The second-order valence-electron chi connectivity index (χ2n) is 5.54. The lowest BCUT2D eigenvalue weighted by atomic mass is 10.2. The fourth-order valence-corrected chi connectivity index (χ4v) is 2.21. The van der Waals surface area contributed by atoms with Gasteiger partial charge in [0.05, 0.1) is 5.56 Å². The summed E-state index contributed by atoms with van der Waals surface area (Å²) in [5.41, 5.74) is 0.400. The van der Waals surface area contributed by atoms with E-state index in [1.807, 2.05) is 30.3 Å². The van der Waals surface area contributed by atoms with E-state index in [0.717, 1.165) is 17.7 Å². The zero-order chi connectivity index (χ0) is 19.3. The first-order chi connectivity index (χ1) is 12.9. The van der Waals surface area contributed by atoms with Crippen LogP contribution in [0.5, 0.6) is 5.88 Å². The van der Waals surface area contributed by atoms with Gasteiger partial charge in [-0.25, -0.2) is 9.97 Å². The second-order valence-corrected chi connectivity index (χ2v) is 5.54. The van der Waals surface area contributed by atoms with Gasteiger partial charge in [0.25, 0.3) is 5.91 Å². The monoisotopic (exact) mass is 373 g/mol. The molecule has 0 unspecified atom stereocenters. The Bertz CT molecular complexity index is 913. The van der Waals surface area contributed by atoms with Gasteiger partial charge < -0.3 is 10.1 Å². The summed E-state index contributed by atoms with van der Waals surface area (Å²) in [7, 11) is 0. The highest BCUT2D eigenvalue weighted by molar-refractivity contribution is 6.02. The topological polar surface area (TPSA) is 64.1 Å². The lowest BCUT2D eigenvalue weighted by molar-refractivity contribution is -0.137. The van der Waals surface area contributed by atoms with Crippen molar-refractivity contribution in [1.29, 1.82) is 0 Å². The third-order valence-corrected chi connectivity index (χ3v) is 3.57. The van der Waals surface area contributed by atoms with Crippen LogP contribution in [0.2, 0.25) is 0 Å². The predicted molar refractivity (Wildman–Crippen MR) is 92.2 cm³/mol. The summed E-state index contributed by atoms with van der Waals surface area (Å²) in [6, 6.07) is 14.9. The van der Waals surface area contributed by atoms with Gasteiger partial charge >= 0.3 is 6.18 Å². The van der Waals surface area contributed by atoms with E-state index in [1.165, 1.54) is 24.5 Å². The van der Waals surface area contributed by atoms with Crippen molar-refractivity contribution in [2.24, 2.45) is 0 Å². The summed E-state index contributed by atoms with van der Waals surface area (Å²) in [4.78, 5) is 20.1. The third-order valence-electron chi connectivity index (χ3n) is 3.57. The van der Waals surface area contributed by atoms with Crippen LogP contribution < -0.4 is 10.1 Å². The molecule has 1 N–H and O–H groups in total. The Hall–Kier alpha value is -3.42. The number of nitrogens with one attached hydrogen (secondary N) is 1. The number of hydrogen-bond donors (Lipinski definition) is 1. The van der Waals surface area contributed by atoms with E-state index in [-0.39, 0.29) is 23.9 Å². The first-order valence-corrected chi connectivity index (χ1v) is 7.89. The number of ether oxygens (including phenoxy) is 1. The number of carbonyl (C=O) groups excluding carboxylic acids is 1. The summed E-state index contributed by atoms with van der Waals surface area (Å²) in [6.45, 7) is 0.276. The van der Waals surface area contributed by atoms with Crippen LogP contribution in [0, 0.1) is 0 Å². The average Bonchev–Trinajstić information content (AvgIpc) is 2.67. The van der Waals surface area contributed by atoms with E-state index in [0.29, 0.717) is 0 Å². The van der Waals surface area contributed by atoms with Crippen molar-refractivity contribution in [2.45, 2.75) is 12.8 Å². The number of nitrogens with zero attached hydrogens (tertiary/aromatic N) is 2. The van der Waals surface area contributed by atoms with E-state index in [1.54, 1.807) is 0 Å². The van der Waals surface area contributed by atoms with E-state index in [9.17, 15) is 18.0 Å². The first-order valence-electron chi connectivity index (χ1n) is 7.89. The van der Waals surface area contributed by atoms with Gasteiger partial charge in [0.15, 0.2) is 0 Å². The molecule has 0 radical (unpaired) electrons. The Kier molecular flexibility index (Phi) is 5.35. The molecule has 138 valence electrons. The molecular weight excluding hydrogens is 359 g/mol. The molecule has 0 aliphatic rings. The Morgan fingerprint density at radius 1 is 1.00 bits per heavy atom. The summed E-state index contributed by atoms with van der Waals surface area (Å²) in [5, 5.41) is 2.49. The zero-order valence-corrected chi connectivity index (χ0v) is 13.9. The standard InChI is InChI=1S/C19H14F3N3O2/c20-19(21,22)14-6-8-15(9-7-14)25-18(26)16-10-17(24-12-23-16)27-11-13-4-2-1-3-5-13/h1-10,12H,11H2,(H,25,26). The highest BCUT2D eigenvalue weighted by atomic mass is 19.4. The van der Waals surface area contributed by atoms with Gasteiger partial charge in [-0.3, -0.25) is 4.79 Å². The maximum absolute atomic E-state index is 12.6. The van der Waals surface area contributed by atoms with Crippen molar-refractivity contribution in [3.63, 3.8) is 0 Å². The van der Waals surface area contributed by atoms with Gasteiger partial charge in [-0.1, -0.05) is 30.3 Å². The van der Waals surface area contributed by atoms with Gasteiger partial charge in [-0.15, -0.1) is 0 Å². The molecular formula is C19H14F3N3O2. The van der Waals surface area contributed by atoms with Crippen molar-refractivity contribution >= 4 is 11.6 Å². The van der Waals surface area contributed by atoms with Crippen molar-refractivity contribution in [1.82, 2.24) is 9.97 Å². The quantitative estimate of drug-likeness (QED) is 0.723. The van der Waals surface area contributed by atoms with Crippen LogP contribution in [0.1, 0.15) is 21.6 Å². The number of halogens is 3. The molecule has 0 spiro atoms. The number of anilines is 1. The van der Waals surface area contributed by atoms with E-state index in [4.69, 9.17) is 4.74 Å². The molecule has 1 aromatic heterocycles.